The van der Waals surface area contributed by atoms with Crippen LogP contribution in [0.5, 0.6) is 0 Å². The zero-order valence-corrected chi connectivity index (χ0v) is 4.60. The van der Waals surface area contributed by atoms with Crippen molar-refractivity contribution in [3.8, 4) is 0 Å². The molecular formula is C2H8N2O2S. The maximum atomic E-state index is 9.76. The molecule has 0 fully saturated rings. The summed E-state index contributed by atoms with van der Waals surface area (Å²) in [7, 11) is -2.51. The van der Waals surface area contributed by atoms with Crippen LogP contribution >= 0.6 is 0 Å². The molecule has 0 aromatic rings. The zero-order valence-electron chi connectivity index (χ0n) is 3.70. The fourth-order valence-electron chi connectivity index (χ4n) is 0.0861. The maximum Gasteiger partial charge on any atom is 0.157 e. The summed E-state index contributed by atoms with van der Waals surface area (Å²) in [5.74, 6) is 0. The molecule has 0 radical (unpaired) electrons. The van der Waals surface area contributed by atoms with Crippen molar-refractivity contribution >= 4 is 10.7 Å². The lowest BCUT2D eigenvalue weighted by Gasteiger charge is -1.93. The van der Waals surface area contributed by atoms with Crippen molar-refractivity contribution < 1.29 is 8.42 Å². The first kappa shape index (κ1) is 6.87. The molecule has 0 spiro atoms. The molecule has 0 saturated heterocycles. The first-order chi connectivity index (χ1) is 3.18. The standard InChI is InChI=1S/C2H8N2O2S/c3-1-2(4)7(5)6/h2,7H,1,3-4H2. The third kappa shape index (κ3) is 2.55. The largest absolute Gasteiger partial charge is 0.328 e. The van der Waals surface area contributed by atoms with Gasteiger partial charge in [0.05, 0.1) is 0 Å². The first-order valence-corrected chi connectivity index (χ1v) is 3.02. The van der Waals surface area contributed by atoms with Crippen LogP contribution in [-0.2, 0) is 10.7 Å². The molecule has 0 bridgehead atoms. The Kier molecular flexibility index (Phi) is 2.89. The maximum absolute atomic E-state index is 9.76. The van der Waals surface area contributed by atoms with E-state index in [9.17, 15) is 8.42 Å². The van der Waals surface area contributed by atoms with Crippen LogP contribution in [-0.4, -0.2) is 20.3 Å². The molecule has 0 heterocycles. The van der Waals surface area contributed by atoms with Gasteiger partial charge in [0.25, 0.3) is 0 Å². The van der Waals surface area contributed by atoms with Crippen LogP contribution in [0.4, 0.5) is 0 Å². The van der Waals surface area contributed by atoms with Crippen LogP contribution in [0.1, 0.15) is 0 Å². The lowest BCUT2D eigenvalue weighted by atomic mass is 10.7. The van der Waals surface area contributed by atoms with Crippen molar-refractivity contribution in [1.29, 1.82) is 0 Å². The summed E-state index contributed by atoms with van der Waals surface area (Å²) >= 11 is 0. The molecule has 1 atom stereocenters. The van der Waals surface area contributed by atoms with E-state index in [0.717, 1.165) is 0 Å². The Morgan fingerprint density at radius 2 is 2.00 bits per heavy atom. The number of nitrogens with two attached hydrogens (primary N) is 2. The summed E-state index contributed by atoms with van der Waals surface area (Å²) in [5.41, 5.74) is 9.76. The smallest absolute Gasteiger partial charge is 0.157 e. The van der Waals surface area contributed by atoms with E-state index < -0.39 is 16.1 Å². The number of thiol groups is 1. The van der Waals surface area contributed by atoms with Crippen LogP contribution in [0.15, 0.2) is 0 Å². The highest BCUT2D eigenvalue weighted by molar-refractivity contribution is 7.73. The molecule has 0 aliphatic carbocycles. The van der Waals surface area contributed by atoms with E-state index in [2.05, 4.69) is 0 Å². The quantitative estimate of drug-likeness (QED) is 0.366. The molecule has 4 N–H and O–H groups in total. The van der Waals surface area contributed by atoms with E-state index in [4.69, 9.17) is 11.5 Å². The van der Waals surface area contributed by atoms with Gasteiger partial charge in [-0.25, -0.2) is 8.42 Å². The second kappa shape index (κ2) is 2.95. The molecule has 7 heavy (non-hydrogen) atoms. The Hall–Kier alpha value is -0.130. The van der Waals surface area contributed by atoms with Crippen molar-refractivity contribution in [3.05, 3.63) is 0 Å². The second-order valence-electron chi connectivity index (χ2n) is 1.09. The van der Waals surface area contributed by atoms with E-state index in [1.165, 1.54) is 0 Å². The van der Waals surface area contributed by atoms with E-state index in [1.807, 2.05) is 0 Å². The number of hydrogen-bond acceptors (Lipinski definition) is 4. The zero-order chi connectivity index (χ0) is 5.86. The molecule has 0 saturated carbocycles. The highest BCUT2D eigenvalue weighted by atomic mass is 32.2. The normalized spacial score (nSPS) is 14.7. The van der Waals surface area contributed by atoms with Gasteiger partial charge in [0, 0.05) is 6.54 Å². The molecule has 0 amide bonds. The summed E-state index contributed by atoms with van der Waals surface area (Å²) in [6.07, 6.45) is 0. The van der Waals surface area contributed by atoms with Gasteiger partial charge in [0.15, 0.2) is 10.7 Å². The van der Waals surface area contributed by atoms with Gasteiger partial charge in [-0.1, -0.05) is 0 Å². The highest BCUT2D eigenvalue weighted by Gasteiger charge is 1.96. The molecule has 1 unspecified atom stereocenters. The molecule has 44 valence electrons. The Morgan fingerprint density at radius 1 is 1.57 bits per heavy atom. The van der Waals surface area contributed by atoms with Crippen LogP contribution in [0.2, 0.25) is 0 Å². The van der Waals surface area contributed by atoms with Gasteiger partial charge < -0.3 is 11.5 Å². The minimum Gasteiger partial charge on any atom is -0.328 e. The molecule has 0 aromatic heterocycles. The van der Waals surface area contributed by atoms with Crippen molar-refractivity contribution in [2.45, 2.75) is 5.37 Å². The summed E-state index contributed by atoms with van der Waals surface area (Å²) < 4.78 is 19.5. The average Bonchev–Trinajstić information content (AvgIpc) is 1.65. The van der Waals surface area contributed by atoms with Gasteiger partial charge in [0.2, 0.25) is 0 Å². The molecule has 0 aliphatic rings. The molecule has 0 aromatic carbocycles. The molecule has 0 rings (SSSR count). The predicted octanol–water partition coefficient (Wildman–Crippen LogP) is -2.16. The SMILES string of the molecule is NCC(N)[SH](=O)=O. The summed E-state index contributed by atoms with van der Waals surface area (Å²) in [6.45, 7) is -0.00129. The Balaban J connectivity index is 3.57. The van der Waals surface area contributed by atoms with Crippen molar-refractivity contribution in [3.63, 3.8) is 0 Å². The van der Waals surface area contributed by atoms with Crippen LogP contribution in [0, 0.1) is 0 Å². The van der Waals surface area contributed by atoms with Crippen molar-refractivity contribution in [2.75, 3.05) is 6.54 Å². The summed E-state index contributed by atoms with van der Waals surface area (Å²) in [6, 6.07) is 0. The molecule has 4 nitrogen and oxygen atoms in total. The van der Waals surface area contributed by atoms with Crippen LogP contribution in [0.25, 0.3) is 0 Å². The lowest BCUT2D eigenvalue weighted by Crippen LogP contribution is -2.30. The third-order valence-corrected chi connectivity index (χ3v) is 1.26. The van der Waals surface area contributed by atoms with E-state index >= 15 is 0 Å². The Labute approximate surface area is 43.4 Å². The fraction of sp³-hybridized carbons (Fsp3) is 1.00. The Bertz CT molecular complexity index is 102. The summed E-state index contributed by atoms with van der Waals surface area (Å²) in [5, 5.41) is -0.866. The van der Waals surface area contributed by atoms with Crippen LogP contribution in [0.3, 0.4) is 0 Å². The molecule has 5 heteroatoms. The van der Waals surface area contributed by atoms with E-state index in [1.54, 1.807) is 0 Å². The van der Waals surface area contributed by atoms with Crippen molar-refractivity contribution in [1.82, 2.24) is 0 Å². The number of rotatable bonds is 2. The van der Waals surface area contributed by atoms with Gasteiger partial charge in [0.1, 0.15) is 5.37 Å². The highest BCUT2D eigenvalue weighted by Crippen LogP contribution is 1.68. The van der Waals surface area contributed by atoms with Gasteiger partial charge in [-0.15, -0.1) is 0 Å². The Morgan fingerprint density at radius 3 is 2.00 bits per heavy atom. The average molecular weight is 124 g/mol. The van der Waals surface area contributed by atoms with Crippen LogP contribution < -0.4 is 11.5 Å². The van der Waals surface area contributed by atoms with E-state index in [-0.39, 0.29) is 6.54 Å². The van der Waals surface area contributed by atoms with E-state index in [0.29, 0.717) is 0 Å². The van der Waals surface area contributed by atoms with Gasteiger partial charge in [-0.3, -0.25) is 0 Å². The van der Waals surface area contributed by atoms with Gasteiger partial charge in [-0.2, -0.15) is 0 Å². The monoisotopic (exact) mass is 124 g/mol. The van der Waals surface area contributed by atoms with Crippen molar-refractivity contribution in [2.24, 2.45) is 11.5 Å². The minimum atomic E-state index is -2.51. The lowest BCUT2D eigenvalue weighted by molar-refractivity contribution is 0.601. The second-order valence-corrected chi connectivity index (χ2v) is 2.32. The number of hydrogen-bond donors (Lipinski definition) is 3. The topological polar surface area (TPSA) is 86.2 Å². The van der Waals surface area contributed by atoms with Gasteiger partial charge in [-0.05, 0) is 0 Å². The molecular weight excluding hydrogens is 116 g/mol. The first-order valence-electron chi connectivity index (χ1n) is 1.77. The summed E-state index contributed by atoms with van der Waals surface area (Å²) in [4.78, 5) is 0. The van der Waals surface area contributed by atoms with Gasteiger partial charge >= 0.3 is 0 Å². The fourth-order valence-corrected chi connectivity index (χ4v) is 0.258. The minimum absolute atomic E-state index is 0.00129. The molecule has 0 aliphatic heterocycles. The predicted molar refractivity (Wildman–Crippen MR) is 27.3 cm³/mol. The third-order valence-electron chi connectivity index (χ3n) is 0.512.